The Bertz CT molecular complexity index is 1200. The van der Waals surface area contributed by atoms with Crippen LogP contribution in [0, 0.1) is 5.82 Å². The second-order valence-corrected chi connectivity index (χ2v) is 9.06. The molecule has 10 heteroatoms. The molecular formula is C25H26FN5O3S. The molecule has 0 aromatic heterocycles. The van der Waals surface area contributed by atoms with E-state index in [0.717, 1.165) is 30.2 Å². The number of rotatable bonds is 9. The lowest BCUT2D eigenvalue weighted by Crippen LogP contribution is -2.41. The van der Waals surface area contributed by atoms with Gasteiger partial charge in [-0.1, -0.05) is 49.4 Å². The summed E-state index contributed by atoms with van der Waals surface area (Å²) in [6.07, 6.45) is 2.37. The number of fused-ring (bicyclic) bond motifs is 3. The van der Waals surface area contributed by atoms with Gasteiger partial charge in [-0.05, 0) is 37.1 Å². The molecule has 0 saturated heterocycles. The number of halogens is 1. The Hall–Kier alpha value is -3.53. The molecule has 0 bridgehead atoms. The van der Waals surface area contributed by atoms with Gasteiger partial charge in [0.1, 0.15) is 17.7 Å². The highest BCUT2D eigenvalue weighted by Gasteiger charge is 2.41. The van der Waals surface area contributed by atoms with E-state index in [9.17, 15) is 18.8 Å². The normalized spacial score (nSPS) is 16.2. The maximum absolute atomic E-state index is 13.9. The number of amides is 3. The van der Waals surface area contributed by atoms with E-state index in [0.29, 0.717) is 23.2 Å². The van der Waals surface area contributed by atoms with Crippen molar-refractivity contribution in [1.82, 2.24) is 10.2 Å². The van der Waals surface area contributed by atoms with Gasteiger partial charge >= 0.3 is 0 Å². The summed E-state index contributed by atoms with van der Waals surface area (Å²) in [4.78, 5) is 48.5. The smallest absolute Gasteiger partial charge is 0.259 e. The molecule has 8 nitrogen and oxygen atoms in total. The fourth-order valence-electron chi connectivity index (χ4n) is 3.73. The monoisotopic (exact) mass is 495 g/mol. The first-order valence-corrected chi connectivity index (χ1v) is 12.5. The van der Waals surface area contributed by atoms with E-state index in [1.165, 1.54) is 17.0 Å². The summed E-state index contributed by atoms with van der Waals surface area (Å²) in [6, 6.07) is 12.5. The van der Waals surface area contributed by atoms with Crippen LogP contribution in [0.5, 0.6) is 0 Å². The van der Waals surface area contributed by atoms with Crippen LogP contribution in [0.3, 0.4) is 0 Å². The number of carbonyl (C=O) groups excluding carboxylic acids is 3. The highest BCUT2D eigenvalue weighted by Crippen LogP contribution is 2.34. The highest BCUT2D eigenvalue weighted by molar-refractivity contribution is 8.14. The maximum atomic E-state index is 13.9. The van der Waals surface area contributed by atoms with Crippen molar-refractivity contribution in [2.75, 3.05) is 17.6 Å². The van der Waals surface area contributed by atoms with Crippen LogP contribution >= 0.6 is 11.8 Å². The molecule has 2 aromatic rings. The second kappa shape index (κ2) is 11.3. The zero-order valence-corrected chi connectivity index (χ0v) is 20.1. The summed E-state index contributed by atoms with van der Waals surface area (Å²) in [5, 5.41) is 5.71. The number of unbranched alkanes of at least 4 members (excludes halogenated alkanes) is 1. The van der Waals surface area contributed by atoms with Gasteiger partial charge in [0.15, 0.2) is 5.17 Å². The fourth-order valence-corrected chi connectivity index (χ4v) is 4.53. The van der Waals surface area contributed by atoms with Crippen molar-refractivity contribution < 1.29 is 18.8 Å². The van der Waals surface area contributed by atoms with Crippen molar-refractivity contribution in [3.63, 3.8) is 0 Å². The van der Waals surface area contributed by atoms with E-state index in [1.54, 1.807) is 12.1 Å². The van der Waals surface area contributed by atoms with Crippen molar-refractivity contribution in [3.05, 3.63) is 59.9 Å². The first-order chi connectivity index (χ1) is 17.0. The maximum Gasteiger partial charge on any atom is 0.259 e. The van der Waals surface area contributed by atoms with Crippen LogP contribution in [0.2, 0.25) is 0 Å². The van der Waals surface area contributed by atoms with Gasteiger partial charge in [-0.25, -0.2) is 14.3 Å². The zero-order chi connectivity index (χ0) is 24.8. The average Bonchev–Trinajstić information content (AvgIpc) is 3.19. The molecule has 35 heavy (non-hydrogen) atoms. The molecular weight excluding hydrogens is 469 g/mol. The van der Waals surface area contributed by atoms with Gasteiger partial charge in [0.25, 0.3) is 5.91 Å². The van der Waals surface area contributed by atoms with Crippen LogP contribution in [0.1, 0.15) is 38.2 Å². The summed E-state index contributed by atoms with van der Waals surface area (Å²) < 4.78 is 13.9. The number of nitrogens with one attached hydrogen (secondary N) is 2. The number of carbonyl (C=O) groups is 3. The third kappa shape index (κ3) is 5.76. The van der Waals surface area contributed by atoms with Crippen LogP contribution in [0.4, 0.5) is 15.8 Å². The average molecular weight is 496 g/mol. The number of hydrogen-bond donors (Lipinski definition) is 2. The second-order valence-electron chi connectivity index (χ2n) is 8.11. The molecule has 2 aliphatic heterocycles. The molecule has 0 aliphatic carbocycles. The lowest BCUT2D eigenvalue weighted by Gasteiger charge is -2.25. The van der Waals surface area contributed by atoms with Gasteiger partial charge in [0.2, 0.25) is 11.8 Å². The first kappa shape index (κ1) is 24.6. The van der Waals surface area contributed by atoms with Gasteiger partial charge in [0.05, 0.1) is 17.1 Å². The molecule has 182 valence electrons. The Morgan fingerprint density at radius 2 is 1.89 bits per heavy atom. The Morgan fingerprint density at radius 1 is 1.11 bits per heavy atom. The van der Waals surface area contributed by atoms with Crippen molar-refractivity contribution >= 4 is 51.9 Å². The number of para-hydroxylation sites is 2. The van der Waals surface area contributed by atoms with Crippen molar-refractivity contribution in [2.45, 2.75) is 38.6 Å². The van der Waals surface area contributed by atoms with E-state index in [1.807, 2.05) is 31.2 Å². The van der Waals surface area contributed by atoms with Gasteiger partial charge in [-0.2, -0.15) is 0 Å². The minimum atomic E-state index is -0.703. The Balaban J connectivity index is 1.46. The first-order valence-electron chi connectivity index (χ1n) is 11.5. The number of hydrogen-bond acceptors (Lipinski definition) is 6. The fraction of sp³-hybridized carbons (Fsp3) is 0.320. The van der Waals surface area contributed by atoms with E-state index >= 15 is 0 Å². The lowest BCUT2D eigenvalue weighted by atomic mass is 10.1. The zero-order valence-electron chi connectivity index (χ0n) is 19.3. The highest BCUT2D eigenvalue weighted by atomic mass is 32.2. The molecule has 4 rings (SSSR count). The molecule has 0 fully saturated rings. The summed E-state index contributed by atoms with van der Waals surface area (Å²) in [6.45, 7) is 2.67. The Morgan fingerprint density at radius 3 is 2.69 bits per heavy atom. The minimum Gasteiger partial charge on any atom is -0.356 e. The predicted molar refractivity (Wildman–Crippen MR) is 135 cm³/mol. The van der Waals surface area contributed by atoms with Gasteiger partial charge in [0, 0.05) is 18.5 Å². The predicted octanol–water partition coefficient (Wildman–Crippen LogP) is 3.85. The molecule has 2 heterocycles. The summed E-state index contributed by atoms with van der Waals surface area (Å²) in [5.41, 5.74) is 1.45. The Kier molecular flexibility index (Phi) is 7.91. The van der Waals surface area contributed by atoms with E-state index in [-0.39, 0.29) is 36.1 Å². The molecule has 2 N–H and O–H groups in total. The quantitative estimate of drug-likeness (QED) is 0.516. The van der Waals surface area contributed by atoms with Crippen LogP contribution < -0.4 is 10.6 Å². The standard InChI is InChI=1S/C25H26FN5O3S/c1-2-3-14-27-21(32)13-12-20-24(34)31-23(29-20)16-8-4-6-10-18(16)30-25(31)35-15-22(33)28-19-11-7-5-9-17(19)26/h4-11,20H,2-3,12-15H2,1H3,(H,27,32)(H,28,33)/t20-/m1/s1. The van der Waals surface area contributed by atoms with Crippen LogP contribution in [-0.4, -0.2) is 52.0 Å². The number of amidine groups is 2. The number of aliphatic imine (C=N–C) groups is 2. The number of thioether (sulfide) groups is 1. The van der Waals surface area contributed by atoms with Crippen LogP contribution in [-0.2, 0) is 14.4 Å². The minimum absolute atomic E-state index is 0.0725. The molecule has 3 amide bonds. The van der Waals surface area contributed by atoms with Crippen molar-refractivity contribution in [1.29, 1.82) is 0 Å². The summed E-state index contributed by atoms with van der Waals surface area (Å²) in [7, 11) is 0. The van der Waals surface area contributed by atoms with Gasteiger partial charge in [-0.3, -0.25) is 19.4 Å². The van der Waals surface area contributed by atoms with E-state index in [4.69, 9.17) is 0 Å². The summed E-state index contributed by atoms with van der Waals surface area (Å²) >= 11 is 1.07. The topological polar surface area (TPSA) is 103 Å². The molecule has 2 aromatic carbocycles. The van der Waals surface area contributed by atoms with Crippen molar-refractivity contribution in [2.24, 2.45) is 9.98 Å². The molecule has 0 spiro atoms. The van der Waals surface area contributed by atoms with Gasteiger partial charge in [-0.15, -0.1) is 0 Å². The third-order valence-corrected chi connectivity index (χ3v) is 6.46. The SMILES string of the molecule is CCCCNC(=O)CC[C@H]1N=C2c3ccccc3N=C(SCC(=O)Nc3ccccc3F)N2C1=O. The number of benzene rings is 2. The van der Waals surface area contributed by atoms with E-state index in [2.05, 4.69) is 20.6 Å². The molecule has 0 radical (unpaired) electrons. The molecule has 1 atom stereocenters. The van der Waals surface area contributed by atoms with Crippen molar-refractivity contribution in [3.8, 4) is 0 Å². The molecule has 2 aliphatic rings. The summed E-state index contributed by atoms with van der Waals surface area (Å²) in [5.74, 6) is -0.945. The molecule has 0 saturated carbocycles. The Labute approximate surface area is 207 Å². The third-order valence-electron chi connectivity index (χ3n) is 5.53. The van der Waals surface area contributed by atoms with Crippen LogP contribution in [0.15, 0.2) is 58.5 Å². The lowest BCUT2D eigenvalue weighted by molar-refractivity contribution is -0.125. The molecule has 0 unspecified atom stereocenters. The largest absolute Gasteiger partial charge is 0.356 e. The van der Waals surface area contributed by atoms with E-state index < -0.39 is 17.8 Å². The number of anilines is 1. The van der Waals surface area contributed by atoms with Crippen LogP contribution in [0.25, 0.3) is 0 Å². The van der Waals surface area contributed by atoms with Gasteiger partial charge < -0.3 is 10.6 Å². The number of nitrogens with zero attached hydrogens (tertiary/aromatic N) is 3.